The van der Waals surface area contributed by atoms with Gasteiger partial charge in [-0.1, -0.05) is 24.3 Å². The molecular weight excluding hydrogens is 262 g/mol. The number of para-hydroxylation sites is 2. The number of rotatable bonds is 2. The second-order valence-electron chi connectivity index (χ2n) is 5.27. The monoisotopic (exact) mass is 281 g/mol. The van der Waals surface area contributed by atoms with Gasteiger partial charge in [-0.15, -0.1) is 0 Å². The van der Waals surface area contributed by atoms with Crippen molar-refractivity contribution in [3.8, 4) is 0 Å². The quantitative estimate of drug-likeness (QED) is 0.918. The Hall–Kier alpha value is -2.33. The molecular formula is C17H19N3O. The Balaban J connectivity index is 1.93. The van der Waals surface area contributed by atoms with Gasteiger partial charge >= 0.3 is 0 Å². The van der Waals surface area contributed by atoms with Crippen molar-refractivity contribution in [1.29, 1.82) is 0 Å². The van der Waals surface area contributed by atoms with Crippen molar-refractivity contribution in [1.82, 2.24) is 0 Å². The van der Waals surface area contributed by atoms with Crippen LogP contribution in [0.15, 0.2) is 48.5 Å². The molecule has 21 heavy (non-hydrogen) atoms. The number of nitrogens with zero attached hydrogens (tertiary/aromatic N) is 2. The van der Waals surface area contributed by atoms with E-state index >= 15 is 0 Å². The van der Waals surface area contributed by atoms with Crippen LogP contribution in [0.1, 0.15) is 15.9 Å². The number of carbonyl (C=O) groups excluding carboxylic acids is 1. The largest absolute Gasteiger partial charge is 0.371 e. The lowest BCUT2D eigenvalue weighted by atomic mass is 10.1. The highest BCUT2D eigenvalue weighted by Crippen LogP contribution is 2.32. The second-order valence-corrected chi connectivity index (χ2v) is 5.27. The molecule has 0 saturated heterocycles. The molecule has 108 valence electrons. The third-order valence-corrected chi connectivity index (χ3v) is 3.92. The predicted molar refractivity (Wildman–Crippen MR) is 85.7 cm³/mol. The molecule has 2 aromatic rings. The molecule has 0 saturated carbocycles. The summed E-state index contributed by atoms with van der Waals surface area (Å²) < 4.78 is 0. The normalized spacial score (nSPS) is 14.0. The van der Waals surface area contributed by atoms with Crippen LogP contribution in [0.3, 0.4) is 0 Å². The molecule has 4 heteroatoms. The number of hydrogen-bond donors (Lipinski definition) is 1. The average molecular weight is 281 g/mol. The Kier molecular flexibility index (Phi) is 3.62. The number of anilines is 2. The van der Waals surface area contributed by atoms with E-state index in [-0.39, 0.29) is 5.91 Å². The lowest BCUT2D eigenvalue weighted by Gasteiger charge is -2.35. The maximum absolute atomic E-state index is 12.7. The minimum atomic E-state index is 0.0409. The molecule has 0 aliphatic carbocycles. The van der Waals surface area contributed by atoms with Gasteiger partial charge in [-0.05, 0) is 29.8 Å². The number of fused-ring (bicyclic) bond motifs is 1. The SMILES string of the molecule is CN1CCN(C(=O)c2ccc(CN)cc2)c2ccccc21. The smallest absolute Gasteiger partial charge is 0.258 e. The van der Waals surface area contributed by atoms with Gasteiger partial charge in [0.1, 0.15) is 0 Å². The number of carbonyl (C=O) groups is 1. The number of benzene rings is 2. The van der Waals surface area contributed by atoms with Crippen molar-refractivity contribution >= 4 is 17.3 Å². The summed E-state index contributed by atoms with van der Waals surface area (Å²) in [5.41, 5.74) is 9.39. The van der Waals surface area contributed by atoms with Crippen LogP contribution in [0.5, 0.6) is 0 Å². The first-order valence-electron chi connectivity index (χ1n) is 7.12. The minimum absolute atomic E-state index is 0.0409. The van der Waals surface area contributed by atoms with E-state index in [1.807, 2.05) is 53.4 Å². The molecule has 1 heterocycles. The van der Waals surface area contributed by atoms with Crippen LogP contribution in [-0.4, -0.2) is 26.0 Å². The lowest BCUT2D eigenvalue weighted by Crippen LogP contribution is -2.42. The average Bonchev–Trinajstić information content (AvgIpc) is 2.55. The van der Waals surface area contributed by atoms with Crippen molar-refractivity contribution in [2.75, 3.05) is 29.9 Å². The van der Waals surface area contributed by atoms with Crippen LogP contribution >= 0.6 is 0 Å². The van der Waals surface area contributed by atoms with E-state index in [4.69, 9.17) is 5.73 Å². The first kappa shape index (κ1) is 13.6. The van der Waals surface area contributed by atoms with Crippen molar-refractivity contribution in [3.05, 3.63) is 59.7 Å². The summed E-state index contributed by atoms with van der Waals surface area (Å²) in [6.07, 6.45) is 0. The zero-order chi connectivity index (χ0) is 14.8. The van der Waals surface area contributed by atoms with Gasteiger partial charge in [-0.2, -0.15) is 0 Å². The standard InChI is InChI=1S/C17H19N3O/c1-19-10-11-20(16-5-3-2-4-15(16)19)17(21)14-8-6-13(12-18)7-9-14/h2-9H,10-12,18H2,1H3. The van der Waals surface area contributed by atoms with Crippen LogP contribution in [0, 0.1) is 0 Å². The molecule has 2 aromatic carbocycles. The van der Waals surface area contributed by atoms with E-state index in [0.717, 1.165) is 23.5 Å². The molecule has 0 fully saturated rings. The zero-order valence-corrected chi connectivity index (χ0v) is 12.1. The molecule has 0 bridgehead atoms. The summed E-state index contributed by atoms with van der Waals surface area (Å²) in [6, 6.07) is 15.5. The first-order valence-corrected chi connectivity index (χ1v) is 7.12. The zero-order valence-electron chi connectivity index (χ0n) is 12.1. The first-order chi connectivity index (χ1) is 10.2. The summed E-state index contributed by atoms with van der Waals surface area (Å²) in [6.45, 7) is 2.03. The van der Waals surface area contributed by atoms with Gasteiger partial charge in [0.15, 0.2) is 0 Å². The van der Waals surface area contributed by atoms with Gasteiger partial charge in [0, 0.05) is 32.2 Å². The van der Waals surface area contributed by atoms with Gasteiger partial charge in [-0.3, -0.25) is 4.79 Å². The minimum Gasteiger partial charge on any atom is -0.371 e. The molecule has 1 amide bonds. The number of amides is 1. The van der Waals surface area contributed by atoms with Gasteiger partial charge < -0.3 is 15.5 Å². The Morgan fingerprint density at radius 3 is 2.38 bits per heavy atom. The van der Waals surface area contributed by atoms with Crippen molar-refractivity contribution in [2.24, 2.45) is 5.73 Å². The molecule has 1 aliphatic rings. The molecule has 2 N–H and O–H groups in total. The van der Waals surface area contributed by atoms with Crippen molar-refractivity contribution in [3.63, 3.8) is 0 Å². The molecule has 0 spiro atoms. The maximum Gasteiger partial charge on any atom is 0.258 e. The summed E-state index contributed by atoms with van der Waals surface area (Å²) in [5.74, 6) is 0.0409. The van der Waals surface area contributed by atoms with Crippen LogP contribution in [0.4, 0.5) is 11.4 Å². The molecule has 0 aromatic heterocycles. The van der Waals surface area contributed by atoms with E-state index in [2.05, 4.69) is 11.9 Å². The van der Waals surface area contributed by atoms with Crippen LogP contribution in [0.2, 0.25) is 0 Å². The fraction of sp³-hybridized carbons (Fsp3) is 0.235. The van der Waals surface area contributed by atoms with Gasteiger partial charge in [0.05, 0.1) is 11.4 Å². The highest BCUT2D eigenvalue weighted by Gasteiger charge is 2.25. The lowest BCUT2D eigenvalue weighted by molar-refractivity contribution is 0.0986. The Morgan fingerprint density at radius 1 is 1.05 bits per heavy atom. The van der Waals surface area contributed by atoms with Crippen molar-refractivity contribution < 1.29 is 4.79 Å². The summed E-state index contributed by atoms with van der Waals surface area (Å²) in [7, 11) is 2.05. The predicted octanol–water partition coefficient (Wildman–Crippen LogP) is 2.24. The second kappa shape index (κ2) is 5.58. The van der Waals surface area contributed by atoms with Crippen molar-refractivity contribution in [2.45, 2.75) is 6.54 Å². The number of nitrogens with two attached hydrogens (primary N) is 1. The van der Waals surface area contributed by atoms with E-state index in [1.165, 1.54) is 0 Å². The highest BCUT2D eigenvalue weighted by molar-refractivity contribution is 6.08. The molecule has 0 radical (unpaired) electrons. The topological polar surface area (TPSA) is 49.6 Å². The molecule has 3 rings (SSSR count). The molecule has 0 unspecified atom stereocenters. The maximum atomic E-state index is 12.7. The molecule has 1 aliphatic heterocycles. The number of hydrogen-bond acceptors (Lipinski definition) is 3. The van der Waals surface area contributed by atoms with E-state index in [0.29, 0.717) is 18.7 Å². The third kappa shape index (κ3) is 2.50. The Morgan fingerprint density at radius 2 is 1.71 bits per heavy atom. The van der Waals surface area contributed by atoms with Gasteiger partial charge in [0.2, 0.25) is 0 Å². The highest BCUT2D eigenvalue weighted by atomic mass is 16.2. The van der Waals surface area contributed by atoms with Gasteiger partial charge in [-0.25, -0.2) is 0 Å². The van der Waals surface area contributed by atoms with E-state index < -0.39 is 0 Å². The van der Waals surface area contributed by atoms with Crippen LogP contribution < -0.4 is 15.5 Å². The van der Waals surface area contributed by atoms with E-state index in [1.54, 1.807) is 0 Å². The van der Waals surface area contributed by atoms with Crippen LogP contribution in [0.25, 0.3) is 0 Å². The third-order valence-electron chi connectivity index (χ3n) is 3.92. The van der Waals surface area contributed by atoms with E-state index in [9.17, 15) is 4.79 Å². The summed E-state index contributed by atoms with van der Waals surface area (Å²) >= 11 is 0. The fourth-order valence-corrected chi connectivity index (χ4v) is 2.66. The number of likely N-dealkylation sites (N-methyl/N-ethyl adjacent to an activating group) is 1. The fourth-order valence-electron chi connectivity index (χ4n) is 2.66. The molecule has 0 atom stereocenters. The summed E-state index contributed by atoms with van der Waals surface area (Å²) in [5, 5.41) is 0. The van der Waals surface area contributed by atoms with Crippen LogP contribution in [-0.2, 0) is 6.54 Å². The summed E-state index contributed by atoms with van der Waals surface area (Å²) in [4.78, 5) is 16.8. The Labute approximate surface area is 124 Å². The Bertz CT molecular complexity index is 651. The molecule has 4 nitrogen and oxygen atoms in total. The van der Waals surface area contributed by atoms with Gasteiger partial charge in [0.25, 0.3) is 5.91 Å².